The second-order valence-corrected chi connectivity index (χ2v) is 15.3. The summed E-state index contributed by atoms with van der Waals surface area (Å²) in [5.74, 6) is 0.0207. The summed E-state index contributed by atoms with van der Waals surface area (Å²) in [5.41, 5.74) is 9.39. The average Bonchev–Trinajstić information content (AvgIpc) is 3.85. The van der Waals surface area contributed by atoms with Crippen LogP contribution >= 0.6 is 0 Å². The minimum Gasteiger partial charge on any atom is -0.508 e. The molecule has 4 bridgehead atoms. The Morgan fingerprint density at radius 3 is 2.52 bits per heavy atom. The van der Waals surface area contributed by atoms with Crippen LogP contribution in [0.15, 0.2) is 84.7 Å². The lowest BCUT2D eigenvalue weighted by atomic mass is 9.71. The molecule has 2 aromatic heterocycles. The van der Waals surface area contributed by atoms with Crippen LogP contribution in [0.5, 0.6) is 17.2 Å². The van der Waals surface area contributed by atoms with Gasteiger partial charge >= 0.3 is 0 Å². The van der Waals surface area contributed by atoms with Crippen molar-refractivity contribution < 1.29 is 34.8 Å². The largest absolute Gasteiger partial charge is 0.508 e. The zero-order valence-electron chi connectivity index (χ0n) is 31.8. The third kappa shape index (κ3) is 8.93. The maximum atomic E-state index is 14.5. The minimum atomic E-state index is -0.734. The number of phenolic OH excluding ortho intramolecular Hbond substituents is 2. The van der Waals surface area contributed by atoms with E-state index in [0.717, 1.165) is 62.4 Å². The first-order valence-corrected chi connectivity index (χ1v) is 19.6. The second kappa shape index (κ2) is 17.5. The van der Waals surface area contributed by atoms with Gasteiger partial charge in [0.25, 0.3) is 0 Å². The van der Waals surface area contributed by atoms with Gasteiger partial charge in [-0.05, 0) is 119 Å². The van der Waals surface area contributed by atoms with Crippen LogP contribution in [0.1, 0.15) is 88.2 Å². The third-order valence-electron chi connectivity index (χ3n) is 11.3. The molecule has 3 atom stereocenters. The Morgan fingerprint density at radius 2 is 1.70 bits per heavy atom. The molecule has 5 aromatic rings. The van der Waals surface area contributed by atoms with Crippen molar-refractivity contribution in [2.45, 2.75) is 76.2 Å². The zero-order valence-corrected chi connectivity index (χ0v) is 31.8. The molecule has 3 aromatic carbocycles. The van der Waals surface area contributed by atoms with Crippen LogP contribution in [0.2, 0.25) is 0 Å². The van der Waals surface area contributed by atoms with Crippen LogP contribution < -0.4 is 10.1 Å². The van der Waals surface area contributed by atoms with E-state index >= 15 is 0 Å². The van der Waals surface area contributed by atoms with Crippen LogP contribution in [0, 0.1) is 5.92 Å². The summed E-state index contributed by atoms with van der Waals surface area (Å²) in [6.45, 7) is 0.434. The number of ketones is 2. The van der Waals surface area contributed by atoms with E-state index in [-0.39, 0.29) is 48.4 Å². The van der Waals surface area contributed by atoms with Gasteiger partial charge in [0.2, 0.25) is 0 Å². The number of aliphatic hydroxyl groups excluding tert-OH is 2. The SMILES string of the molecule is COc1cc2cc(c1O)Cc1ccc(CCCO)c(c1)Cc1cc[nH]c1NCC1=Cc3[nH]ccc3[C@@H](C[C@H](O)CCc3cccc(O)c3)[C@@H]1C(=O)CC(=O)CC2. The van der Waals surface area contributed by atoms with E-state index in [9.17, 15) is 30.0 Å². The van der Waals surface area contributed by atoms with E-state index in [0.29, 0.717) is 62.8 Å². The number of fused-ring (bicyclic) bond motifs is 7. The summed E-state index contributed by atoms with van der Waals surface area (Å²) in [7, 11) is 1.51. The molecule has 1 aliphatic heterocycles. The number of aryl methyl sites for hydroxylation is 3. The Labute approximate surface area is 327 Å². The number of phenols is 2. The molecule has 0 spiro atoms. The summed E-state index contributed by atoms with van der Waals surface area (Å²) in [6, 6.07) is 21.0. The number of benzene rings is 3. The fraction of sp³-hybridized carbons (Fsp3) is 0.348. The summed E-state index contributed by atoms with van der Waals surface area (Å²) in [5, 5.41) is 45.8. The normalized spacial score (nSPS) is 17.9. The fourth-order valence-corrected chi connectivity index (χ4v) is 8.50. The van der Waals surface area contributed by atoms with Crippen LogP contribution in [0.4, 0.5) is 5.82 Å². The number of methoxy groups -OCH3 is 1. The number of ether oxygens (including phenoxy) is 1. The summed E-state index contributed by atoms with van der Waals surface area (Å²) < 4.78 is 5.55. The summed E-state index contributed by atoms with van der Waals surface area (Å²) in [4.78, 5) is 34.8. The average molecular weight is 758 g/mol. The lowest BCUT2D eigenvalue weighted by molar-refractivity contribution is -0.129. The number of aromatic amines is 2. The van der Waals surface area contributed by atoms with Crippen molar-refractivity contribution in [2.24, 2.45) is 5.92 Å². The van der Waals surface area contributed by atoms with Gasteiger partial charge in [-0.25, -0.2) is 0 Å². The van der Waals surface area contributed by atoms with Gasteiger partial charge in [-0.1, -0.05) is 36.4 Å². The van der Waals surface area contributed by atoms with Crippen molar-refractivity contribution in [3.05, 3.63) is 135 Å². The zero-order chi connectivity index (χ0) is 39.2. The van der Waals surface area contributed by atoms with E-state index in [2.05, 4.69) is 33.5 Å². The van der Waals surface area contributed by atoms with Gasteiger partial charge in [0, 0.05) is 67.9 Å². The van der Waals surface area contributed by atoms with Crippen molar-refractivity contribution in [3.8, 4) is 17.2 Å². The highest BCUT2D eigenvalue weighted by molar-refractivity contribution is 6.02. The monoisotopic (exact) mass is 757 g/mol. The molecule has 10 heteroatoms. The number of H-pyrrole nitrogens is 2. The lowest BCUT2D eigenvalue weighted by Crippen LogP contribution is -2.33. The Balaban J connectivity index is 1.24. The lowest BCUT2D eigenvalue weighted by Gasteiger charge is -2.34. The van der Waals surface area contributed by atoms with Crippen molar-refractivity contribution in [1.82, 2.24) is 9.97 Å². The molecule has 0 saturated carbocycles. The molecule has 7 rings (SSSR count). The van der Waals surface area contributed by atoms with Crippen LogP contribution in [0.25, 0.3) is 6.08 Å². The van der Waals surface area contributed by atoms with Gasteiger partial charge in [0.05, 0.1) is 19.6 Å². The summed E-state index contributed by atoms with van der Waals surface area (Å²) >= 11 is 0. The number of aliphatic hydroxyl groups is 2. The number of carbonyl (C=O) groups is 2. The highest BCUT2D eigenvalue weighted by Crippen LogP contribution is 2.43. The Bertz CT molecular complexity index is 2220. The molecule has 56 heavy (non-hydrogen) atoms. The molecule has 1 aliphatic carbocycles. The first kappa shape index (κ1) is 38.7. The van der Waals surface area contributed by atoms with Gasteiger partial charge in [-0.3, -0.25) is 9.59 Å². The molecule has 7 N–H and O–H groups in total. The predicted molar refractivity (Wildman–Crippen MR) is 216 cm³/mol. The molecule has 2 aliphatic rings. The number of aromatic hydroxyl groups is 2. The van der Waals surface area contributed by atoms with Gasteiger partial charge in [-0.15, -0.1) is 0 Å². The van der Waals surface area contributed by atoms with Crippen LogP contribution in [0.3, 0.4) is 0 Å². The van der Waals surface area contributed by atoms with Gasteiger partial charge < -0.3 is 40.4 Å². The molecule has 0 amide bonds. The van der Waals surface area contributed by atoms with Crippen molar-refractivity contribution in [1.29, 1.82) is 0 Å². The van der Waals surface area contributed by atoms with Crippen molar-refractivity contribution in [3.63, 3.8) is 0 Å². The first-order valence-electron chi connectivity index (χ1n) is 19.6. The Morgan fingerprint density at radius 1 is 0.857 bits per heavy atom. The Kier molecular flexibility index (Phi) is 12.1. The van der Waals surface area contributed by atoms with E-state index < -0.39 is 12.0 Å². The summed E-state index contributed by atoms with van der Waals surface area (Å²) in [6.07, 6.45) is 9.05. The predicted octanol–water partition coefficient (Wildman–Crippen LogP) is 6.94. The highest BCUT2D eigenvalue weighted by Gasteiger charge is 2.38. The number of hydrogen-bond donors (Lipinski definition) is 7. The molecule has 0 fully saturated rings. The molecular formula is C46H51N3O7. The van der Waals surface area contributed by atoms with Crippen LogP contribution in [-0.4, -0.2) is 68.3 Å². The molecule has 3 heterocycles. The molecule has 0 radical (unpaired) electrons. The van der Waals surface area contributed by atoms with E-state index in [1.807, 2.05) is 42.7 Å². The molecule has 292 valence electrons. The molecular weight excluding hydrogens is 707 g/mol. The molecule has 10 nitrogen and oxygen atoms in total. The minimum absolute atomic E-state index is 0.0579. The topological polar surface area (TPSA) is 168 Å². The number of nitrogens with one attached hydrogen (secondary N) is 3. The number of anilines is 1. The van der Waals surface area contributed by atoms with Gasteiger partial charge in [-0.2, -0.15) is 0 Å². The standard InChI is InChI=1S/C46H51N3O7/c1-56-43-22-30-9-12-38(53)26-42(54)44-35(24-41-39(14-16-47-41)40(44)25-37(52)11-8-28-4-2-6-36(51)21-28)27-49-46-32(13-15-48-46)23-33-18-29(19-34(20-30)45(43)55)7-10-31(33)5-3-17-50/h2,4,6-7,10,13-16,18,20-22,24,37,40,44,47-52,55H,3,5,8-9,11-12,17,19,23,25-27H2,1H3/t37-,40-,44-/m1/s1. The smallest absolute Gasteiger partial charge is 0.161 e. The van der Waals surface area contributed by atoms with Gasteiger partial charge in [0.15, 0.2) is 11.5 Å². The van der Waals surface area contributed by atoms with E-state index in [4.69, 9.17) is 4.74 Å². The molecule has 0 unspecified atom stereocenters. The number of carbonyl (C=O) groups excluding carboxylic acids is 2. The fourth-order valence-electron chi connectivity index (χ4n) is 8.50. The van der Waals surface area contributed by atoms with Crippen molar-refractivity contribution in [2.75, 3.05) is 25.6 Å². The second-order valence-electron chi connectivity index (χ2n) is 15.3. The van der Waals surface area contributed by atoms with Crippen LogP contribution in [-0.2, 0) is 41.7 Å². The van der Waals surface area contributed by atoms with E-state index in [1.165, 1.54) is 7.11 Å². The number of Topliss-reactive ketones (excluding diaryl/α,β-unsaturated/α-hetero) is 2. The molecule has 0 saturated heterocycles. The third-order valence-corrected chi connectivity index (χ3v) is 11.3. The number of rotatable bonds is 9. The van der Waals surface area contributed by atoms with Crippen molar-refractivity contribution >= 4 is 23.5 Å². The van der Waals surface area contributed by atoms with Gasteiger partial charge in [0.1, 0.15) is 23.1 Å². The number of aromatic nitrogens is 2. The quantitative estimate of drug-likeness (QED) is 0.0795. The maximum absolute atomic E-state index is 14.5. The van der Waals surface area contributed by atoms with E-state index in [1.54, 1.807) is 24.3 Å². The maximum Gasteiger partial charge on any atom is 0.161 e. The first-order chi connectivity index (χ1) is 27.2. The Hall–Kier alpha value is -5.58. The highest BCUT2D eigenvalue weighted by atomic mass is 16.5. The number of hydrogen-bond acceptors (Lipinski definition) is 8.